The average molecular weight is 476 g/mol. The highest BCUT2D eigenvalue weighted by Gasteiger charge is 2.12. The van der Waals surface area contributed by atoms with Crippen molar-refractivity contribution in [3.8, 4) is 17.1 Å². The quantitative estimate of drug-likeness (QED) is 0.398. The Kier molecular flexibility index (Phi) is 7.04. The van der Waals surface area contributed by atoms with E-state index in [2.05, 4.69) is 64.9 Å². The molecule has 1 atom stereocenters. The molecular formula is C25H29N7OS. The highest BCUT2D eigenvalue weighted by Crippen LogP contribution is 2.24. The van der Waals surface area contributed by atoms with Crippen molar-refractivity contribution in [2.45, 2.75) is 39.7 Å². The molecule has 176 valence electrons. The summed E-state index contributed by atoms with van der Waals surface area (Å²) >= 11 is 1.42. The molecule has 8 nitrogen and oxygen atoms in total. The predicted molar refractivity (Wildman–Crippen MR) is 135 cm³/mol. The zero-order valence-corrected chi connectivity index (χ0v) is 20.8. The van der Waals surface area contributed by atoms with E-state index in [9.17, 15) is 4.79 Å². The van der Waals surface area contributed by atoms with Gasteiger partial charge >= 0.3 is 6.03 Å². The van der Waals surface area contributed by atoms with Gasteiger partial charge in [-0.05, 0) is 42.5 Å². The van der Waals surface area contributed by atoms with Crippen molar-refractivity contribution in [1.29, 1.82) is 0 Å². The van der Waals surface area contributed by atoms with Gasteiger partial charge in [0.2, 0.25) is 0 Å². The van der Waals surface area contributed by atoms with Crippen LogP contribution in [0.3, 0.4) is 0 Å². The van der Waals surface area contributed by atoms with E-state index in [1.54, 1.807) is 11.0 Å². The molecule has 0 aliphatic rings. The number of carbonyl (C=O) groups excluding carboxylic acids is 1. The van der Waals surface area contributed by atoms with Crippen molar-refractivity contribution in [3.63, 3.8) is 0 Å². The van der Waals surface area contributed by atoms with Gasteiger partial charge < -0.3 is 0 Å². The van der Waals surface area contributed by atoms with Gasteiger partial charge in [-0.1, -0.05) is 50.2 Å². The molecule has 0 spiro atoms. The standard InChI is InChI=1S/C25H29N7OS/c1-16(2)21-11-6-17(3)14-22(21)32-12-13-34-25(32)27-24(33)29-28-18(4)19-7-9-20(10-8-19)23-26-15-31(5)30-23/h6-16,18,28H,1-5H3,(H,29,33). The van der Waals surface area contributed by atoms with Gasteiger partial charge in [-0.2, -0.15) is 10.1 Å². The number of benzene rings is 2. The molecule has 2 heterocycles. The van der Waals surface area contributed by atoms with Crippen molar-refractivity contribution >= 4 is 17.4 Å². The molecule has 0 bridgehead atoms. The fourth-order valence-corrected chi connectivity index (χ4v) is 4.36. The Labute approximate surface area is 203 Å². The second kappa shape index (κ2) is 10.1. The summed E-state index contributed by atoms with van der Waals surface area (Å²) < 4.78 is 3.65. The lowest BCUT2D eigenvalue weighted by atomic mass is 9.99. The Morgan fingerprint density at radius 1 is 1.12 bits per heavy atom. The highest BCUT2D eigenvalue weighted by molar-refractivity contribution is 7.07. The van der Waals surface area contributed by atoms with Crippen molar-refractivity contribution in [3.05, 3.63) is 81.9 Å². The van der Waals surface area contributed by atoms with Crippen LogP contribution in [0, 0.1) is 6.92 Å². The summed E-state index contributed by atoms with van der Waals surface area (Å²) in [5.41, 5.74) is 11.1. The number of urea groups is 1. The van der Waals surface area contributed by atoms with Crippen LogP contribution in [-0.2, 0) is 7.05 Å². The van der Waals surface area contributed by atoms with Gasteiger partial charge in [0, 0.05) is 30.2 Å². The Hall–Kier alpha value is -3.56. The molecule has 2 amide bonds. The van der Waals surface area contributed by atoms with Gasteiger partial charge in [-0.3, -0.25) is 14.7 Å². The first-order valence-corrected chi connectivity index (χ1v) is 12.0. The third kappa shape index (κ3) is 5.32. The van der Waals surface area contributed by atoms with Gasteiger partial charge in [-0.25, -0.2) is 15.2 Å². The smallest absolute Gasteiger partial charge is 0.292 e. The van der Waals surface area contributed by atoms with Crippen LogP contribution in [0.2, 0.25) is 0 Å². The molecule has 4 aromatic rings. The zero-order chi connectivity index (χ0) is 24.2. The minimum atomic E-state index is -0.448. The first-order chi connectivity index (χ1) is 16.3. The van der Waals surface area contributed by atoms with E-state index in [0.29, 0.717) is 16.5 Å². The van der Waals surface area contributed by atoms with Crippen molar-refractivity contribution in [2.75, 3.05) is 0 Å². The molecule has 0 radical (unpaired) electrons. The fraction of sp³-hybridized carbons (Fsp3) is 0.280. The fourth-order valence-electron chi connectivity index (χ4n) is 3.65. The van der Waals surface area contributed by atoms with Crippen LogP contribution in [0.5, 0.6) is 0 Å². The van der Waals surface area contributed by atoms with E-state index in [0.717, 1.165) is 22.4 Å². The molecule has 4 rings (SSSR count). The summed E-state index contributed by atoms with van der Waals surface area (Å²) in [6.45, 7) is 8.36. The summed E-state index contributed by atoms with van der Waals surface area (Å²) in [6.07, 6.45) is 3.62. The number of hydrogen-bond acceptors (Lipinski definition) is 5. The molecule has 2 aromatic heterocycles. The predicted octanol–water partition coefficient (Wildman–Crippen LogP) is 4.64. The number of nitrogens with zero attached hydrogens (tertiary/aromatic N) is 5. The Bertz CT molecular complexity index is 1350. The maximum Gasteiger partial charge on any atom is 0.357 e. The number of thiazole rings is 1. The molecule has 0 aliphatic heterocycles. The number of amides is 2. The molecule has 2 N–H and O–H groups in total. The van der Waals surface area contributed by atoms with Crippen LogP contribution >= 0.6 is 11.3 Å². The van der Waals surface area contributed by atoms with E-state index < -0.39 is 6.03 Å². The monoisotopic (exact) mass is 475 g/mol. The number of nitrogens with one attached hydrogen (secondary N) is 2. The number of hydrogen-bond donors (Lipinski definition) is 2. The molecule has 34 heavy (non-hydrogen) atoms. The van der Waals surface area contributed by atoms with Crippen molar-refractivity contribution in [1.82, 2.24) is 30.2 Å². The van der Waals surface area contributed by atoms with E-state index in [4.69, 9.17) is 0 Å². The molecule has 1 unspecified atom stereocenters. The molecule has 0 saturated carbocycles. The van der Waals surface area contributed by atoms with Crippen LogP contribution in [0.15, 0.2) is 65.4 Å². The van der Waals surface area contributed by atoms with E-state index >= 15 is 0 Å². The SMILES string of the molecule is Cc1ccc(C(C)C)c(-n2ccsc2=NC(=O)NNC(C)c2ccc(-c3ncn(C)n3)cc2)c1. The highest BCUT2D eigenvalue weighted by atomic mass is 32.1. The number of rotatable bonds is 6. The summed E-state index contributed by atoms with van der Waals surface area (Å²) in [6, 6.07) is 13.7. The maximum atomic E-state index is 12.6. The van der Waals surface area contributed by atoms with Crippen LogP contribution in [0.25, 0.3) is 17.1 Å². The van der Waals surface area contributed by atoms with Gasteiger partial charge in [0.05, 0.1) is 5.69 Å². The Balaban J connectivity index is 1.45. The Morgan fingerprint density at radius 2 is 1.88 bits per heavy atom. The largest absolute Gasteiger partial charge is 0.357 e. The van der Waals surface area contributed by atoms with Crippen molar-refractivity contribution < 1.29 is 4.79 Å². The van der Waals surface area contributed by atoms with Crippen LogP contribution in [0.1, 0.15) is 49.4 Å². The normalized spacial score (nSPS) is 12.8. The van der Waals surface area contributed by atoms with E-state index in [1.807, 2.05) is 54.4 Å². The first-order valence-electron chi connectivity index (χ1n) is 11.1. The number of carbonyl (C=O) groups is 1. The van der Waals surface area contributed by atoms with Gasteiger partial charge in [0.25, 0.3) is 0 Å². The summed E-state index contributed by atoms with van der Waals surface area (Å²) in [7, 11) is 1.84. The average Bonchev–Trinajstić information content (AvgIpc) is 3.46. The Morgan fingerprint density at radius 3 is 2.56 bits per heavy atom. The third-order valence-electron chi connectivity index (χ3n) is 5.52. The lowest BCUT2D eigenvalue weighted by Crippen LogP contribution is -2.38. The van der Waals surface area contributed by atoms with Crippen molar-refractivity contribution in [2.24, 2.45) is 12.0 Å². The van der Waals surface area contributed by atoms with Gasteiger partial charge in [-0.15, -0.1) is 11.3 Å². The number of aryl methyl sites for hydroxylation is 2. The molecular weight excluding hydrogens is 446 g/mol. The third-order valence-corrected chi connectivity index (χ3v) is 6.27. The molecule has 2 aromatic carbocycles. The van der Waals surface area contributed by atoms with E-state index in [-0.39, 0.29) is 6.04 Å². The summed E-state index contributed by atoms with van der Waals surface area (Å²) in [5.74, 6) is 1.03. The number of aromatic nitrogens is 4. The topological polar surface area (TPSA) is 89.1 Å². The van der Waals surface area contributed by atoms with Crippen LogP contribution in [0.4, 0.5) is 4.79 Å². The summed E-state index contributed by atoms with van der Waals surface area (Å²) in [4.78, 5) is 21.8. The minimum absolute atomic E-state index is 0.107. The second-order valence-corrected chi connectivity index (χ2v) is 9.42. The van der Waals surface area contributed by atoms with Crippen LogP contribution < -0.4 is 15.7 Å². The minimum Gasteiger partial charge on any atom is -0.292 e. The number of hydrazine groups is 1. The van der Waals surface area contributed by atoms with E-state index in [1.165, 1.54) is 16.9 Å². The lowest BCUT2D eigenvalue weighted by molar-refractivity contribution is 0.242. The molecule has 0 saturated heterocycles. The zero-order valence-electron chi connectivity index (χ0n) is 20.0. The first kappa shape index (κ1) is 23.6. The summed E-state index contributed by atoms with van der Waals surface area (Å²) in [5, 5.41) is 6.26. The molecule has 0 fully saturated rings. The van der Waals surface area contributed by atoms with Gasteiger partial charge in [0.15, 0.2) is 10.6 Å². The maximum absolute atomic E-state index is 12.6. The van der Waals surface area contributed by atoms with Crippen LogP contribution in [-0.4, -0.2) is 25.4 Å². The molecule has 0 aliphatic carbocycles. The molecule has 9 heteroatoms. The second-order valence-electron chi connectivity index (χ2n) is 8.54. The lowest BCUT2D eigenvalue weighted by Gasteiger charge is -2.15. The van der Waals surface area contributed by atoms with Gasteiger partial charge in [0.1, 0.15) is 6.33 Å².